The smallest absolute Gasteiger partial charge is 0.264 e. The van der Waals surface area contributed by atoms with Gasteiger partial charge in [0.25, 0.3) is 11.8 Å². The number of allylic oxidation sites excluding steroid dienone is 1. The number of rotatable bonds is 4. The molecule has 0 unspecified atom stereocenters. The fraction of sp³-hybridized carbons (Fsp3) is 0.444. The number of amides is 2. The van der Waals surface area contributed by atoms with E-state index < -0.39 is 0 Å². The largest absolute Gasteiger partial charge is 0.482 e. The number of anilines is 1. The van der Waals surface area contributed by atoms with Crippen molar-refractivity contribution in [3.05, 3.63) is 35.4 Å². The molecule has 2 aliphatic rings. The first kappa shape index (κ1) is 15.6. The van der Waals surface area contributed by atoms with Gasteiger partial charge in [-0.2, -0.15) is 0 Å². The number of hydrogen-bond acceptors (Lipinski definition) is 3. The minimum absolute atomic E-state index is 0.0458. The molecular weight excluding hydrogens is 292 g/mol. The number of hydrogen-bond donors (Lipinski definition) is 1. The minimum Gasteiger partial charge on any atom is -0.482 e. The second-order valence-electron chi connectivity index (χ2n) is 6.04. The summed E-state index contributed by atoms with van der Waals surface area (Å²) in [6, 6.07) is 5.19. The van der Waals surface area contributed by atoms with E-state index in [0.717, 1.165) is 19.3 Å². The van der Waals surface area contributed by atoms with Crippen molar-refractivity contribution in [1.82, 2.24) is 5.32 Å². The standard InChI is InChI=1S/C18H22N2O3/c1-20-15-11-14(7-8-16(15)23-12-17(20)21)18(22)19-10-9-13-5-3-2-4-6-13/h5,7-8,11H,2-4,6,9-10,12H2,1H3,(H,19,22). The lowest BCUT2D eigenvalue weighted by atomic mass is 9.97. The van der Waals surface area contributed by atoms with Crippen molar-refractivity contribution in [3.8, 4) is 5.75 Å². The summed E-state index contributed by atoms with van der Waals surface area (Å²) >= 11 is 0. The molecule has 1 N–H and O–H groups in total. The Labute approximate surface area is 136 Å². The van der Waals surface area contributed by atoms with Crippen molar-refractivity contribution in [1.29, 1.82) is 0 Å². The van der Waals surface area contributed by atoms with Crippen molar-refractivity contribution < 1.29 is 14.3 Å². The van der Waals surface area contributed by atoms with Gasteiger partial charge in [0, 0.05) is 19.2 Å². The maximum Gasteiger partial charge on any atom is 0.264 e. The lowest BCUT2D eigenvalue weighted by Gasteiger charge is -2.26. The molecule has 1 aromatic carbocycles. The lowest BCUT2D eigenvalue weighted by molar-refractivity contribution is -0.120. The van der Waals surface area contributed by atoms with Gasteiger partial charge in [-0.1, -0.05) is 11.6 Å². The van der Waals surface area contributed by atoms with Gasteiger partial charge in [-0.15, -0.1) is 0 Å². The second-order valence-corrected chi connectivity index (χ2v) is 6.04. The fourth-order valence-electron chi connectivity index (χ4n) is 2.98. The van der Waals surface area contributed by atoms with E-state index in [1.54, 1.807) is 25.2 Å². The van der Waals surface area contributed by atoms with Gasteiger partial charge in [0.15, 0.2) is 6.61 Å². The Balaban J connectivity index is 1.61. The van der Waals surface area contributed by atoms with Crippen LogP contribution >= 0.6 is 0 Å². The van der Waals surface area contributed by atoms with Gasteiger partial charge < -0.3 is 15.0 Å². The normalized spacial score (nSPS) is 17.2. The minimum atomic E-state index is -0.115. The van der Waals surface area contributed by atoms with Gasteiger partial charge in [0.2, 0.25) is 0 Å². The third-order valence-corrected chi connectivity index (χ3v) is 4.42. The van der Waals surface area contributed by atoms with Gasteiger partial charge >= 0.3 is 0 Å². The zero-order chi connectivity index (χ0) is 16.2. The Morgan fingerprint density at radius 3 is 3.00 bits per heavy atom. The van der Waals surface area contributed by atoms with E-state index in [1.165, 1.54) is 23.3 Å². The summed E-state index contributed by atoms with van der Waals surface area (Å²) in [4.78, 5) is 25.5. The molecule has 23 heavy (non-hydrogen) atoms. The molecule has 0 saturated heterocycles. The van der Waals surface area contributed by atoms with E-state index in [1.807, 2.05) is 0 Å². The van der Waals surface area contributed by atoms with Crippen LogP contribution in [0.1, 0.15) is 42.5 Å². The number of ether oxygens (including phenoxy) is 1. The van der Waals surface area contributed by atoms with Crippen LogP contribution in [0.2, 0.25) is 0 Å². The van der Waals surface area contributed by atoms with Crippen molar-refractivity contribution >= 4 is 17.5 Å². The van der Waals surface area contributed by atoms with E-state index in [0.29, 0.717) is 23.5 Å². The molecule has 0 atom stereocenters. The van der Waals surface area contributed by atoms with E-state index in [2.05, 4.69) is 11.4 Å². The summed E-state index contributed by atoms with van der Waals surface area (Å²) in [5, 5.41) is 2.96. The molecule has 122 valence electrons. The average molecular weight is 314 g/mol. The lowest BCUT2D eigenvalue weighted by Crippen LogP contribution is -2.35. The molecule has 0 bridgehead atoms. The van der Waals surface area contributed by atoms with Crippen LogP contribution in [0.25, 0.3) is 0 Å². The predicted molar refractivity (Wildman–Crippen MR) is 88.8 cm³/mol. The van der Waals surface area contributed by atoms with Gasteiger partial charge in [-0.3, -0.25) is 9.59 Å². The zero-order valence-electron chi connectivity index (χ0n) is 13.4. The second kappa shape index (κ2) is 6.86. The number of carbonyl (C=O) groups excluding carboxylic acids is 2. The molecule has 0 spiro atoms. The van der Waals surface area contributed by atoms with Gasteiger partial charge in [-0.25, -0.2) is 0 Å². The highest BCUT2D eigenvalue weighted by Crippen LogP contribution is 2.31. The summed E-state index contributed by atoms with van der Waals surface area (Å²) in [6.07, 6.45) is 8.06. The molecule has 0 saturated carbocycles. The highest BCUT2D eigenvalue weighted by molar-refractivity contribution is 6.00. The Kier molecular flexibility index (Phi) is 4.65. The molecule has 1 aromatic rings. The summed E-state index contributed by atoms with van der Waals surface area (Å²) in [5.41, 5.74) is 2.64. The molecule has 1 aliphatic heterocycles. The van der Waals surface area contributed by atoms with E-state index in [-0.39, 0.29) is 18.4 Å². The van der Waals surface area contributed by atoms with Crippen molar-refractivity contribution in [2.24, 2.45) is 0 Å². The number of likely N-dealkylation sites (N-methyl/N-ethyl adjacent to an activating group) is 1. The summed E-state index contributed by atoms with van der Waals surface area (Å²) in [6.45, 7) is 0.692. The molecule has 0 radical (unpaired) electrons. The number of benzene rings is 1. The van der Waals surface area contributed by atoms with Gasteiger partial charge in [0.05, 0.1) is 5.69 Å². The first-order chi connectivity index (χ1) is 11.1. The molecule has 0 aromatic heterocycles. The van der Waals surface area contributed by atoms with Crippen LogP contribution in [0.5, 0.6) is 5.75 Å². The number of carbonyl (C=O) groups is 2. The maximum atomic E-state index is 12.3. The summed E-state index contributed by atoms with van der Waals surface area (Å²) in [7, 11) is 1.70. The first-order valence-corrected chi connectivity index (χ1v) is 8.14. The van der Waals surface area contributed by atoms with Crippen LogP contribution in [0.4, 0.5) is 5.69 Å². The zero-order valence-corrected chi connectivity index (χ0v) is 13.4. The molecule has 3 rings (SSSR count). The van der Waals surface area contributed by atoms with Crippen LogP contribution < -0.4 is 15.0 Å². The average Bonchev–Trinajstić information content (AvgIpc) is 2.59. The monoisotopic (exact) mass is 314 g/mol. The molecule has 5 heteroatoms. The van der Waals surface area contributed by atoms with Gasteiger partial charge in [-0.05, 0) is 50.3 Å². The quantitative estimate of drug-likeness (QED) is 0.869. The topological polar surface area (TPSA) is 58.6 Å². The van der Waals surface area contributed by atoms with E-state index in [9.17, 15) is 9.59 Å². The number of fused-ring (bicyclic) bond motifs is 1. The fourth-order valence-corrected chi connectivity index (χ4v) is 2.98. The highest BCUT2D eigenvalue weighted by atomic mass is 16.5. The van der Waals surface area contributed by atoms with E-state index in [4.69, 9.17) is 4.74 Å². The van der Waals surface area contributed by atoms with E-state index >= 15 is 0 Å². The van der Waals surface area contributed by atoms with Crippen LogP contribution in [-0.2, 0) is 4.79 Å². The Morgan fingerprint density at radius 1 is 1.35 bits per heavy atom. The molecule has 5 nitrogen and oxygen atoms in total. The molecule has 2 amide bonds. The van der Waals surface area contributed by atoms with Crippen molar-refractivity contribution in [2.75, 3.05) is 25.1 Å². The van der Waals surface area contributed by atoms with Crippen LogP contribution in [0.15, 0.2) is 29.8 Å². The van der Waals surface area contributed by atoms with Crippen LogP contribution in [0, 0.1) is 0 Å². The SMILES string of the molecule is CN1C(=O)COc2ccc(C(=O)NCCC3=CCCCC3)cc21. The molecule has 0 fully saturated rings. The van der Waals surface area contributed by atoms with Crippen LogP contribution in [-0.4, -0.2) is 32.0 Å². The third kappa shape index (κ3) is 3.55. The molecular formula is C18H22N2O3. The van der Waals surface area contributed by atoms with Gasteiger partial charge in [0.1, 0.15) is 5.75 Å². The van der Waals surface area contributed by atoms with Crippen molar-refractivity contribution in [2.45, 2.75) is 32.1 Å². The molecule has 1 heterocycles. The highest BCUT2D eigenvalue weighted by Gasteiger charge is 2.23. The Bertz CT molecular complexity index is 652. The number of nitrogens with one attached hydrogen (secondary N) is 1. The maximum absolute atomic E-state index is 12.3. The first-order valence-electron chi connectivity index (χ1n) is 8.14. The van der Waals surface area contributed by atoms with Crippen LogP contribution in [0.3, 0.4) is 0 Å². The summed E-state index contributed by atoms with van der Waals surface area (Å²) < 4.78 is 5.37. The number of nitrogens with zero attached hydrogens (tertiary/aromatic N) is 1. The van der Waals surface area contributed by atoms with Crippen molar-refractivity contribution in [3.63, 3.8) is 0 Å². The third-order valence-electron chi connectivity index (χ3n) is 4.42. The molecule has 1 aliphatic carbocycles. The predicted octanol–water partition coefficient (Wildman–Crippen LogP) is 2.66. The summed E-state index contributed by atoms with van der Waals surface area (Å²) in [5.74, 6) is 0.408. The Morgan fingerprint density at radius 2 is 2.22 bits per heavy atom. The Hall–Kier alpha value is -2.30.